The third kappa shape index (κ3) is 2.48. The van der Waals surface area contributed by atoms with Crippen LogP contribution in [0.5, 0.6) is 0 Å². The van der Waals surface area contributed by atoms with Crippen LogP contribution in [0.2, 0.25) is 0 Å². The summed E-state index contributed by atoms with van der Waals surface area (Å²) in [6, 6.07) is 3.05. The molecule has 1 aliphatic rings. The van der Waals surface area contributed by atoms with E-state index in [0.717, 1.165) is 18.9 Å². The number of anilines is 1. The zero-order valence-corrected chi connectivity index (χ0v) is 9.06. The molecule has 0 amide bonds. The Morgan fingerprint density at radius 2 is 2.38 bits per heavy atom. The Kier molecular flexibility index (Phi) is 3.34. The summed E-state index contributed by atoms with van der Waals surface area (Å²) < 4.78 is 0. The average molecular weight is 221 g/mol. The van der Waals surface area contributed by atoms with Gasteiger partial charge in [-0.25, -0.2) is 4.98 Å². The van der Waals surface area contributed by atoms with Crippen molar-refractivity contribution in [3.8, 4) is 0 Å². The van der Waals surface area contributed by atoms with E-state index in [0.29, 0.717) is 5.82 Å². The third-order valence-corrected chi connectivity index (χ3v) is 3.05. The molecule has 86 valence electrons. The van der Waals surface area contributed by atoms with Gasteiger partial charge in [0.05, 0.1) is 4.92 Å². The largest absolute Gasteiger partial charge is 0.364 e. The summed E-state index contributed by atoms with van der Waals surface area (Å²) in [5.74, 6) is 1.18. The Balaban J connectivity index is 1.89. The molecule has 0 aromatic carbocycles. The lowest BCUT2D eigenvalue weighted by Crippen LogP contribution is -2.16. The van der Waals surface area contributed by atoms with Crippen LogP contribution in [0.25, 0.3) is 0 Å². The van der Waals surface area contributed by atoms with Gasteiger partial charge < -0.3 is 5.32 Å². The molecular weight excluding hydrogens is 206 g/mol. The Bertz CT molecular complexity index is 377. The fourth-order valence-corrected chi connectivity index (χ4v) is 1.86. The molecule has 0 spiro atoms. The zero-order valence-electron chi connectivity index (χ0n) is 9.06. The minimum absolute atomic E-state index is 0.0520. The van der Waals surface area contributed by atoms with E-state index in [9.17, 15) is 10.1 Å². The lowest BCUT2D eigenvalue weighted by molar-refractivity contribution is -0.384. The molecule has 5 nitrogen and oxygen atoms in total. The highest BCUT2D eigenvalue weighted by Gasteiger charge is 2.18. The molecular formula is C11H15N3O2. The first-order chi connectivity index (χ1) is 7.77. The molecule has 1 fully saturated rings. The van der Waals surface area contributed by atoms with Gasteiger partial charge in [0.15, 0.2) is 0 Å². The second-order valence-corrected chi connectivity index (χ2v) is 4.14. The van der Waals surface area contributed by atoms with Crippen molar-refractivity contribution in [2.45, 2.75) is 25.7 Å². The van der Waals surface area contributed by atoms with Gasteiger partial charge in [-0.05, 0) is 18.4 Å². The first-order valence-electron chi connectivity index (χ1n) is 5.60. The van der Waals surface area contributed by atoms with Gasteiger partial charge in [0.1, 0.15) is 0 Å². The van der Waals surface area contributed by atoms with E-state index in [1.807, 2.05) is 0 Å². The molecule has 1 aromatic heterocycles. The number of aromatic nitrogens is 1. The van der Waals surface area contributed by atoms with Crippen LogP contribution in [0.15, 0.2) is 18.3 Å². The van der Waals surface area contributed by atoms with Crippen molar-refractivity contribution in [2.24, 2.45) is 5.92 Å². The van der Waals surface area contributed by atoms with Crippen LogP contribution in [0.3, 0.4) is 0 Å². The van der Waals surface area contributed by atoms with Crippen LogP contribution in [-0.2, 0) is 0 Å². The summed E-state index contributed by atoms with van der Waals surface area (Å²) in [5.41, 5.74) is 0.0520. The molecule has 2 rings (SSSR count). The maximum atomic E-state index is 10.7. The van der Waals surface area contributed by atoms with E-state index < -0.39 is 4.92 Å². The number of nitro groups is 1. The van der Waals surface area contributed by atoms with Gasteiger partial charge in [-0.1, -0.05) is 19.3 Å². The van der Waals surface area contributed by atoms with Gasteiger partial charge in [-0.3, -0.25) is 10.1 Å². The predicted molar refractivity (Wildman–Crippen MR) is 61.3 cm³/mol. The lowest BCUT2D eigenvalue weighted by Gasteiger charge is -2.25. The molecule has 0 bridgehead atoms. The van der Waals surface area contributed by atoms with Crippen molar-refractivity contribution in [3.63, 3.8) is 0 Å². The highest BCUT2D eigenvalue weighted by atomic mass is 16.6. The number of nitrogens with one attached hydrogen (secondary N) is 1. The summed E-state index contributed by atoms with van der Waals surface area (Å²) in [5, 5.41) is 13.8. The minimum atomic E-state index is -0.404. The van der Waals surface area contributed by atoms with Gasteiger partial charge in [0, 0.05) is 18.8 Å². The molecule has 1 heterocycles. The molecule has 0 saturated heterocycles. The van der Waals surface area contributed by atoms with E-state index in [2.05, 4.69) is 10.3 Å². The molecule has 0 radical (unpaired) electrons. The standard InChI is InChI=1S/C11H15N3O2/c15-14(16)10-5-2-7-12-11(10)13-8-6-9-3-1-4-9/h2,5,7,9H,1,3-4,6,8H2,(H,12,13). The van der Waals surface area contributed by atoms with Crippen molar-refractivity contribution in [3.05, 3.63) is 28.4 Å². The fraction of sp³-hybridized carbons (Fsp3) is 0.545. The second kappa shape index (κ2) is 4.92. The Hall–Kier alpha value is -1.65. The number of nitrogens with zero attached hydrogens (tertiary/aromatic N) is 2. The number of hydrogen-bond donors (Lipinski definition) is 1. The molecule has 1 N–H and O–H groups in total. The topological polar surface area (TPSA) is 68.1 Å². The molecule has 16 heavy (non-hydrogen) atoms. The predicted octanol–water partition coefficient (Wildman–Crippen LogP) is 2.59. The number of pyridine rings is 1. The summed E-state index contributed by atoms with van der Waals surface area (Å²) in [6.45, 7) is 0.766. The smallest absolute Gasteiger partial charge is 0.311 e. The van der Waals surface area contributed by atoms with Gasteiger partial charge >= 0.3 is 5.69 Å². The quantitative estimate of drug-likeness (QED) is 0.613. The lowest BCUT2D eigenvalue weighted by atomic mass is 9.83. The summed E-state index contributed by atoms with van der Waals surface area (Å²) in [6.07, 6.45) is 6.57. The highest BCUT2D eigenvalue weighted by molar-refractivity contribution is 5.54. The van der Waals surface area contributed by atoms with Crippen LogP contribution in [-0.4, -0.2) is 16.5 Å². The van der Waals surface area contributed by atoms with Crippen LogP contribution >= 0.6 is 0 Å². The second-order valence-electron chi connectivity index (χ2n) is 4.14. The molecule has 1 aliphatic carbocycles. The van der Waals surface area contributed by atoms with Crippen LogP contribution < -0.4 is 5.32 Å². The molecule has 0 aliphatic heterocycles. The molecule has 1 saturated carbocycles. The van der Waals surface area contributed by atoms with Gasteiger partial charge in [-0.2, -0.15) is 0 Å². The maximum absolute atomic E-state index is 10.7. The van der Waals surface area contributed by atoms with E-state index in [1.54, 1.807) is 12.3 Å². The van der Waals surface area contributed by atoms with Crippen molar-refractivity contribution < 1.29 is 4.92 Å². The average Bonchev–Trinajstić information content (AvgIpc) is 2.22. The summed E-state index contributed by atoms with van der Waals surface area (Å²) in [7, 11) is 0. The first-order valence-corrected chi connectivity index (χ1v) is 5.60. The molecule has 5 heteroatoms. The van der Waals surface area contributed by atoms with Crippen LogP contribution in [0.1, 0.15) is 25.7 Å². The Morgan fingerprint density at radius 3 is 3.00 bits per heavy atom. The third-order valence-electron chi connectivity index (χ3n) is 3.05. The SMILES string of the molecule is O=[N+]([O-])c1cccnc1NCCC1CCC1. The van der Waals surface area contributed by atoms with E-state index >= 15 is 0 Å². The zero-order chi connectivity index (χ0) is 11.4. The van der Waals surface area contributed by atoms with Crippen LogP contribution in [0, 0.1) is 16.0 Å². The van der Waals surface area contributed by atoms with Crippen molar-refractivity contribution in [2.75, 3.05) is 11.9 Å². The fourth-order valence-electron chi connectivity index (χ4n) is 1.86. The Labute approximate surface area is 94.0 Å². The summed E-state index contributed by atoms with van der Waals surface area (Å²) >= 11 is 0. The molecule has 0 atom stereocenters. The van der Waals surface area contributed by atoms with E-state index in [1.165, 1.54) is 25.3 Å². The van der Waals surface area contributed by atoms with Gasteiger partial charge in [-0.15, -0.1) is 0 Å². The van der Waals surface area contributed by atoms with Crippen molar-refractivity contribution in [1.82, 2.24) is 4.98 Å². The van der Waals surface area contributed by atoms with Crippen LogP contribution in [0.4, 0.5) is 11.5 Å². The van der Waals surface area contributed by atoms with E-state index in [-0.39, 0.29) is 5.69 Å². The maximum Gasteiger partial charge on any atom is 0.311 e. The normalized spacial score (nSPS) is 15.5. The molecule has 1 aromatic rings. The van der Waals surface area contributed by atoms with E-state index in [4.69, 9.17) is 0 Å². The highest BCUT2D eigenvalue weighted by Crippen LogP contribution is 2.29. The summed E-state index contributed by atoms with van der Waals surface area (Å²) in [4.78, 5) is 14.3. The first kappa shape index (κ1) is 10.9. The minimum Gasteiger partial charge on any atom is -0.364 e. The van der Waals surface area contributed by atoms with Gasteiger partial charge in [0.25, 0.3) is 0 Å². The monoisotopic (exact) mass is 221 g/mol. The Morgan fingerprint density at radius 1 is 1.56 bits per heavy atom. The molecule has 0 unspecified atom stereocenters. The van der Waals surface area contributed by atoms with Crippen molar-refractivity contribution >= 4 is 11.5 Å². The van der Waals surface area contributed by atoms with Gasteiger partial charge in [0.2, 0.25) is 5.82 Å². The van der Waals surface area contributed by atoms with Crippen molar-refractivity contribution in [1.29, 1.82) is 0 Å². The number of hydrogen-bond acceptors (Lipinski definition) is 4. The number of rotatable bonds is 5.